The summed E-state index contributed by atoms with van der Waals surface area (Å²) in [6, 6.07) is 4.05. The van der Waals surface area contributed by atoms with E-state index in [1.165, 1.54) is 0 Å². The van der Waals surface area contributed by atoms with E-state index in [2.05, 4.69) is 41.3 Å². The van der Waals surface area contributed by atoms with E-state index in [0.29, 0.717) is 24.7 Å². The second kappa shape index (κ2) is 7.56. The third-order valence-electron chi connectivity index (χ3n) is 4.10. The van der Waals surface area contributed by atoms with Gasteiger partial charge in [0.05, 0.1) is 11.7 Å². The lowest BCUT2D eigenvalue weighted by Crippen LogP contribution is -2.34. The summed E-state index contributed by atoms with van der Waals surface area (Å²) in [5.74, 6) is 0.808. The highest BCUT2D eigenvalue weighted by Crippen LogP contribution is 2.14. The first-order chi connectivity index (χ1) is 10.5. The number of carbonyl (C=O) groups excluding carboxylic acids is 1. The second-order valence-corrected chi connectivity index (χ2v) is 5.98. The number of aliphatic hydroxyl groups excluding tert-OH is 1. The van der Waals surface area contributed by atoms with Crippen molar-refractivity contribution in [2.24, 2.45) is 5.92 Å². The van der Waals surface area contributed by atoms with Crippen LogP contribution in [0.1, 0.15) is 31.1 Å². The number of hydrogen-bond acceptors (Lipinski definition) is 5. The Balaban J connectivity index is 1.93. The molecule has 2 unspecified atom stereocenters. The molecule has 2 heterocycles. The van der Waals surface area contributed by atoms with Crippen LogP contribution in [-0.2, 0) is 0 Å². The number of carbonyl (C=O) groups is 1. The monoisotopic (exact) mass is 306 g/mol. The minimum atomic E-state index is -0.384. The molecule has 1 saturated heterocycles. The van der Waals surface area contributed by atoms with Crippen molar-refractivity contribution in [2.45, 2.75) is 32.9 Å². The zero-order valence-corrected chi connectivity index (χ0v) is 13.5. The van der Waals surface area contributed by atoms with E-state index >= 15 is 0 Å². The fourth-order valence-corrected chi connectivity index (χ4v) is 2.74. The molecule has 6 heteroatoms. The average Bonchev–Trinajstić information content (AvgIpc) is 2.91. The zero-order valence-electron chi connectivity index (χ0n) is 13.5. The predicted molar refractivity (Wildman–Crippen MR) is 87.1 cm³/mol. The molecule has 0 aromatic carbocycles. The van der Waals surface area contributed by atoms with E-state index in [-0.39, 0.29) is 17.9 Å². The smallest absolute Gasteiger partial charge is 0.252 e. The average molecular weight is 306 g/mol. The van der Waals surface area contributed by atoms with E-state index < -0.39 is 0 Å². The largest absolute Gasteiger partial charge is 0.391 e. The lowest BCUT2D eigenvalue weighted by atomic mass is 10.1. The topological polar surface area (TPSA) is 77.5 Å². The molecule has 2 rings (SSSR count). The molecular formula is C16H26N4O2. The molecule has 1 aliphatic heterocycles. The number of aromatic nitrogens is 1. The quantitative estimate of drug-likeness (QED) is 0.718. The zero-order chi connectivity index (χ0) is 16.1. The third-order valence-corrected chi connectivity index (χ3v) is 4.10. The molecule has 2 atom stereocenters. The number of β-amino-alcohol motifs (C(OH)–C–C–N with tert-alkyl or cyclic N) is 1. The van der Waals surface area contributed by atoms with Gasteiger partial charge >= 0.3 is 0 Å². The molecule has 1 aliphatic rings. The standard InChI is InChI=1S/C16H26N4O2/c1-4-20(11(2)3)15-6-5-12(8-18-15)16(22)19-9-13-7-17-10-14(13)21/h5-6,8,11,13-14,17,21H,4,7,9-10H2,1-3H3,(H,19,22). The highest BCUT2D eigenvalue weighted by Gasteiger charge is 2.25. The minimum Gasteiger partial charge on any atom is -0.391 e. The molecule has 0 saturated carbocycles. The molecule has 3 N–H and O–H groups in total. The molecular weight excluding hydrogens is 280 g/mol. The summed E-state index contributed by atoms with van der Waals surface area (Å²) in [5, 5.41) is 15.7. The van der Waals surface area contributed by atoms with Crippen LogP contribution in [0.4, 0.5) is 5.82 Å². The Hall–Kier alpha value is -1.66. The normalized spacial score (nSPS) is 21.1. The van der Waals surface area contributed by atoms with Crippen LogP contribution in [0.2, 0.25) is 0 Å². The van der Waals surface area contributed by atoms with Gasteiger partial charge in [-0.3, -0.25) is 4.79 Å². The van der Waals surface area contributed by atoms with Gasteiger partial charge in [-0.05, 0) is 32.9 Å². The lowest BCUT2D eigenvalue weighted by molar-refractivity contribution is 0.0926. The Morgan fingerprint density at radius 2 is 2.27 bits per heavy atom. The van der Waals surface area contributed by atoms with Crippen molar-refractivity contribution in [3.63, 3.8) is 0 Å². The van der Waals surface area contributed by atoms with Crippen LogP contribution in [0.25, 0.3) is 0 Å². The van der Waals surface area contributed by atoms with E-state index in [4.69, 9.17) is 0 Å². The van der Waals surface area contributed by atoms with Crippen LogP contribution < -0.4 is 15.5 Å². The van der Waals surface area contributed by atoms with Gasteiger partial charge in [-0.15, -0.1) is 0 Å². The summed E-state index contributed by atoms with van der Waals surface area (Å²) in [6.45, 7) is 9.00. The molecule has 1 aromatic rings. The number of nitrogens with one attached hydrogen (secondary N) is 2. The maximum atomic E-state index is 12.1. The van der Waals surface area contributed by atoms with Gasteiger partial charge in [-0.1, -0.05) is 0 Å². The van der Waals surface area contributed by atoms with Crippen LogP contribution in [0.15, 0.2) is 18.3 Å². The molecule has 22 heavy (non-hydrogen) atoms. The minimum absolute atomic E-state index is 0.0766. The number of pyridine rings is 1. The van der Waals surface area contributed by atoms with Crippen molar-refractivity contribution >= 4 is 11.7 Å². The van der Waals surface area contributed by atoms with Gasteiger partial charge in [0, 0.05) is 44.3 Å². The van der Waals surface area contributed by atoms with Crippen molar-refractivity contribution in [3.8, 4) is 0 Å². The van der Waals surface area contributed by atoms with Gasteiger partial charge in [0.15, 0.2) is 0 Å². The highest BCUT2D eigenvalue weighted by molar-refractivity contribution is 5.94. The maximum absolute atomic E-state index is 12.1. The molecule has 1 amide bonds. The number of hydrogen-bond donors (Lipinski definition) is 3. The number of amides is 1. The number of rotatable bonds is 6. The Morgan fingerprint density at radius 3 is 2.77 bits per heavy atom. The van der Waals surface area contributed by atoms with E-state index in [9.17, 15) is 9.90 Å². The maximum Gasteiger partial charge on any atom is 0.252 e. The summed E-state index contributed by atoms with van der Waals surface area (Å²) >= 11 is 0. The van der Waals surface area contributed by atoms with Crippen LogP contribution in [0.5, 0.6) is 0 Å². The molecule has 0 radical (unpaired) electrons. The summed E-state index contributed by atoms with van der Waals surface area (Å²) in [5.41, 5.74) is 0.545. The van der Waals surface area contributed by atoms with Crippen molar-refractivity contribution in [3.05, 3.63) is 23.9 Å². The lowest BCUT2D eigenvalue weighted by Gasteiger charge is -2.26. The van der Waals surface area contributed by atoms with Crippen LogP contribution in [-0.4, -0.2) is 54.3 Å². The highest BCUT2D eigenvalue weighted by atomic mass is 16.3. The van der Waals surface area contributed by atoms with Gasteiger partial charge in [0.2, 0.25) is 0 Å². The van der Waals surface area contributed by atoms with Gasteiger partial charge < -0.3 is 20.6 Å². The van der Waals surface area contributed by atoms with Gasteiger partial charge in [-0.25, -0.2) is 4.98 Å². The first-order valence-electron chi connectivity index (χ1n) is 7.92. The van der Waals surface area contributed by atoms with E-state index in [1.807, 2.05) is 6.07 Å². The summed E-state index contributed by atoms with van der Waals surface area (Å²) in [4.78, 5) is 18.7. The van der Waals surface area contributed by atoms with E-state index in [0.717, 1.165) is 18.9 Å². The fourth-order valence-electron chi connectivity index (χ4n) is 2.74. The number of aliphatic hydroxyl groups is 1. The van der Waals surface area contributed by atoms with Crippen molar-refractivity contribution in [1.82, 2.24) is 15.6 Å². The van der Waals surface area contributed by atoms with Crippen LogP contribution >= 0.6 is 0 Å². The summed E-state index contributed by atoms with van der Waals surface area (Å²) in [6.07, 6.45) is 1.23. The molecule has 0 spiro atoms. The Bertz CT molecular complexity index is 489. The Labute approximate surface area is 131 Å². The molecule has 0 bridgehead atoms. The molecule has 122 valence electrons. The number of nitrogens with zero attached hydrogens (tertiary/aromatic N) is 2. The molecule has 1 fully saturated rings. The van der Waals surface area contributed by atoms with Crippen LogP contribution in [0, 0.1) is 5.92 Å². The molecule has 0 aliphatic carbocycles. The predicted octanol–water partition coefficient (Wildman–Crippen LogP) is 0.626. The van der Waals surface area contributed by atoms with E-state index in [1.54, 1.807) is 12.3 Å². The Morgan fingerprint density at radius 1 is 1.50 bits per heavy atom. The second-order valence-electron chi connectivity index (χ2n) is 5.98. The molecule has 6 nitrogen and oxygen atoms in total. The SMILES string of the molecule is CCN(c1ccc(C(=O)NCC2CNCC2O)cn1)C(C)C. The first kappa shape index (κ1) is 16.7. The Kier molecular flexibility index (Phi) is 5.74. The molecule has 1 aromatic heterocycles. The fraction of sp³-hybridized carbons (Fsp3) is 0.625. The van der Waals surface area contributed by atoms with Gasteiger partial charge in [-0.2, -0.15) is 0 Å². The summed E-state index contributed by atoms with van der Waals surface area (Å²) in [7, 11) is 0. The van der Waals surface area contributed by atoms with Gasteiger partial charge in [0.1, 0.15) is 5.82 Å². The summed E-state index contributed by atoms with van der Waals surface area (Å²) < 4.78 is 0. The first-order valence-corrected chi connectivity index (χ1v) is 7.92. The number of anilines is 1. The van der Waals surface area contributed by atoms with Crippen molar-refractivity contribution in [2.75, 3.05) is 31.1 Å². The van der Waals surface area contributed by atoms with Crippen LogP contribution in [0.3, 0.4) is 0 Å². The third kappa shape index (κ3) is 3.96. The van der Waals surface area contributed by atoms with Crippen molar-refractivity contribution < 1.29 is 9.90 Å². The van der Waals surface area contributed by atoms with Gasteiger partial charge in [0.25, 0.3) is 5.91 Å². The van der Waals surface area contributed by atoms with Crippen molar-refractivity contribution in [1.29, 1.82) is 0 Å².